The van der Waals surface area contributed by atoms with Gasteiger partial charge in [-0.2, -0.15) is 11.8 Å². The standard InChI is InChI=1S/C9H16N2S2/c1-8(7-12-2)5-10-6-9-11-3-4-13-9/h3-4,8,10H,5-7H2,1-2H3. The molecule has 2 nitrogen and oxygen atoms in total. The molecule has 1 N–H and O–H groups in total. The Kier molecular flexibility index (Phi) is 5.43. The van der Waals surface area contributed by atoms with Crippen molar-refractivity contribution in [3.05, 3.63) is 16.6 Å². The predicted molar refractivity (Wildman–Crippen MR) is 61.4 cm³/mol. The van der Waals surface area contributed by atoms with Gasteiger partial charge in [0.05, 0.1) is 0 Å². The monoisotopic (exact) mass is 216 g/mol. The van der Waals surface area contributed by atoms with Crippen LogP contribution in [-0.4, -0.2) is 23.5 Å². The highest BCUT2D eigenvalue weighted by molar-refractivity contribution is 7.98. The van der Waals surface area contributed by atoms with Crippen LogP contribution in [0, 0.1) is 5.92 Å². The molecule has 0 aliphatic heterocycles. The molecule has 0 amide bonds. The van der Waals surface area contributed by atoms with Crippen molar-refractivity contribution < 1.29 is 0 Å². The number of nitrogens with one attached hydrogen (secondary N) is 1. The molecule has 0 aliphatic rings. The summed E-state index contributed by atoms with van der Waals surface area (Å²) in [7, 11) is 0. The molecule has 1 rings (SSSR count). The van der Waals surface area contributed by atoms with Crippen LogP contribution in [0.3, 0.4) is 0 Å². The lowest BCUT2D eigenvalue weighted by Gasteiger charge is -2.09. The Morgan fingerprint density at radius 3 is 3.15 bits per heavy atom. The molecule has 0 bridgehead atoms. The number of thiazole rings is 1. The van der Waals surface area contributed by atoms with E-state index in [0.29, 0.717) is 0 Å². The fourth-order valence-corrected chi connectivity index (χ4v) is 2.38. The average Bonchev–Trinajstić information content (AvgIpc) is 2.57. The topological polar surface area (TPSA) is 24.9 Å². The van der Waals surface area contributed by atoms with Crippen molar-refractivity contribution in [2.45, 2.75) is 13.5 Å². The van der Waals surface area contributed by atoms with Gasteiger partial charge in [-0.25, -0.2) is 4.98 Å². The van der Waals surface area contributed by atoms with Gasteiger partial charge in [0.2, 0.25) is 0 Å². The smallest absolute Gasteiger partial charge is 0.106 e. The maximum absolute atomic E-state index is 4.21. The van der Waals surface area contributed by atoms with E-state index in [1.54, 1.807) is 11.3 Å². The molecule has 13 heavy (non-hydrogen) atoms. The molecule has 0 aliphatic carbocycles. The highest BCUT2D eigenvalue weighted by Gasteiger charge is 2.00. The molecule has 0 radical (unpaired) electrons. The van der Waals surface area contributed by atoms with Gasteiger partial charge >= 0.3 is 0 Å². The van der Waals surface area contributed by atoms with E-state index in [-0.39, 0.29) is 0 Å². The number of rotatable bonds is 6. The molecule has 0 spiro atoms. The van der Waals surface area contributed by atoms with Crippen LogP contribution in [0.15, 0.2) is 11.6 Å². The average molecular weight is 216 g/mol. The first-order chi connectivity index (χ1) is 6.33. The first-order valence-electron chi connectivity index (χ1n) is 4.41. The van der Waals surface area contributed by atoms with Crippen molar-refractivity contribution in [3.8, 4) is 0 Å². The normalized spacial score (nSPS) is 13.1. The van der Waals surface area contributed by atoms with E-state index in [0.717, 1.165) is 19.0 Å². The van der Waals surface area contributed by atoms with Crippen LogP contribution < -0.4 is 5.32 Å². The second kappa shape index (κ2) is 6.40. The summed E-state index contributed by atoms with van der Waals surface area (Å²) < 4.78 is 0. The lowest BCUT2D eigenvalue weighted by molar-refractivity contribution is 0.558. The molecule has 1 heterocycles. The van der Waals surface area contributed by atoms with E-state index in [1.165, 1.54) is 10.8 Å². The van der Waals surface area contributed by atoms with E-state index >= 15 is 0 Å². The summed E-state index contributed by atoms with van der Waals surface area (Å²) in [5, 5.41) is 6.60. The number of hydrogen-bond acceptors (Lipinski definition) is 4. The summed E-state index contributed by atoms with van der Waals surface area (Å²) in [4.78, 5) is 4.21. The molecule has 4 heteroatoms. The Balaban J connectivity index is 2.07. The van der Waals surface area contributed by atoms with E-state index in [1.807, 2.05) is 23.3 Å². The zero-order valence-electron chi connectivity index (χ0n) is 8.12. The maximum atomic E-state index is 4.21. The zero-order chi connectivity index (χ0) is 9.52. The highest BCUT2D eigenvalue weighted by Crippen LogP contribution is 2.05. The van der Waals surface area contributed by atoms with Crippen LogP contribution in [-0.2, 0) is 6.54 Å². The van der Waals surface area contributed by atoms with Gasteiger partial charge in [-0.1, -0.05) is 6.92 Å². The lowest BCUT2D eigenvalue weighted by Crippen LogP contribution is -2.21. The van der Waals surface area contributed by atoms with Gasteiger partial charge in [0.15, 0.2) is 0 Å². The van der Waals surface area contributed by atoms with Crippen molar-refractivity contribution in [3.63, 3.8) is 0 Å². The number of thioether (sulfide) groups is 1. The molecule has 0 aromatic carbocycles. The second-order valence-corrected chi connectivity index (χ2v) is 5.01. The van der Waals surface area contributed by atoms with Gasteiger partial charge in [0, 0.05) is 18.1 Å². The minimum absolute atomic E-state index is 0.745. The first-order valence-corrected chi connectivity index (χ1v) is 6.68. The molecule has 1 aromatic heterocycles. The molecule has 0 saturated heterocycles. The predicted octanol–water partition coefficient (Wildman–Crippen LogP) is 2.23. The van der Waals surface area contributed by atoms with Crippen LogP contribution in [0.4, 0.5) is 0 Å². The minimum atomic E-state index is 0.745. The summed E-state index contributed by atoms with van der Waals surface area (Å²) in [5.41, 5.74) is 0. The molecular formula is C9H16N2S2. The Hall–Kier alpha value is -0.0600. The van der Waals surface area contributed by atoms with Crippen LogP contribution >= 0.6 is 23.1 Å². The zero-order valence-corrected chi connectivity index (χ0v) is 9.75. The van der Waals surface area contributed by atoms with Crippen molar-refractivity contribution in [1.29, 1.82) is 0 Å². The highest BCUT2D eigenvalue weighted by atomic mass is 32.2. The minimum Gasteiger partial charge on any atom is -0.310 e. The van der Waals surface area contributed by atoms with Crippen molar-refractivity contribution in [2.24, 2.45) is 5.92 Å². The SMILES string of the molecule is CSCC(C)CNCc1nccs1. The quantitative estimate of drug-likeness (QED) is 0.789. The van der Waals surface area contributed by atoms with E-state index in [9.17, 15) is 0 Å². The molecule has 1 aromatic rings. The molecule has 0 saturated carbocycles. The van der Waals surface area contributed by atoms with Crippen LogP contribution in [0.1, 0.15) is 11.9 Å². The second-order valence-electron chi connectivity index (χ2n) is 3.12. The van der Waals surface area contributed by atoms with Crippen LogP contribution in [0.5, 0.6) is 0 Å². The molecule has 0 fully saturated rings. The third-order valence-corrected chi connectivity index (χ3v) is 3.39. The number of aromatic nitrogens is 1. The third-order valence-electron chi connectivity index (χ3n) is 1.70. The number of hydrogen-bond donors (Lipinski definition) is 1. The lowest BCUT2D eigenvalue weighted by atomic mass is 10.2. The molecule has 74 valence electrons. The van der Waals surface area contributed by atoms with E-state index in [2.05, 4.69) is 23.5 Å². The summed E-state index contributed by atoms with van der Waals surface area (Å²) in [5.74, 6) is 1.97. The van der Waals surface area contributed by atoms with Gasteiger partial charge in [-0.15, -0.1) is 11.3 Å². The fraction of sp³-hybridized carbons (Fsp3) is 0.667. The summed E-state index contributed by atoms with van der Waals surface area (Å²) >= 11 is 3.61. The van der Waals surface area contributed by atoms with E-state index in [4.69, 9.17) is 0 Å². The third kappa shape index (κ3) is 4.64. The van der Waals surface area contributed by atoms with Gasteiger partial charge in [-0.05, 0) is 24.5 Å². The van der Waals surface area contributed by atoms with Gasteiger partial charge in [0.1, 0.15) is 5.01 Å². The van der Waals surface area contributed by atoms with Crippen molar-refractivity contribution in [2.75, 3.05) is 18.6 Å². The van der Waals surface area contributed by atoms with Crippen molar-refractivity contribution >= 4 is 23.1 Å². The summed E-state index contributed by atoms with van der Waals surface area (Å²) in [6.07, 6.45) is 4.00. The molecule has 1 atom stereocenters. The Labute approximate surface area is 88.2 Å². The molecular weight excluding hydrogens is 200 g/mol. The Morgan fingerprint density at radius 2 is 2.54 bits per heavy atom. The van der Waals surface area contributed by atoms with E-state index < -0.39 is 0 Å². The Morgan fingerprint density at radius 1 is 1.69 bits per heavy atom. The van der Waals surface area contributed by atoms with Gasteiger partial charge in [-0.3, -0.25) is 0 Å². The number of nitrogens with zero attached hydrogens (tertiary/aromatic N) is 1. The van der Waals surface area contributed by atoms with Gasteiger partial charge < -0.3 is 5.32 Å². The largest absolute Gasteiger partial charge is 0.310 e. The Bertz CT molecular complexity index is 211. The summed E-state index contributed by atoms with van der Waals surface area (Å²) in [6, 6.07) is 0. The first kappa shape index (κ1) is 11.0. The van der Waals surface area contributed by atoms with Crippen LogP contribution in [0.25, 0.3) is 0 Å². The fourth-order valence-electron chi connectivity index (χ4n) is 1.11. The van der Waals surface area contributed by atoms with Crippen LogP contribution in [0.2, 0.25) is 0 Å². The maximum Gasteiger partial charge on any atom is 0.106 e. The van der Waals surface area contributed by atoms with Crippen molar-refractivity contribution in [1.82, 2.24) is 10.3 Å². The summed E-state index contributed by atoms with van der Waals surface area (Å²) in [6.45, 7) is 4.27. The van der Waals surface area contributed by atoms with Gasteiger partial charge in [0.25, 0.3) is 0 Å². The molecule has 1 unspecified atom stereocenters.